The lowest BCUT2D eigenvalue weighted by Gasteiger charge is -2.26. The first-order chi connectivity index (χ1) is 17.0. The van der Waals surface area contributed by atoms with Crippen molar-refractivity contribution in [3.63, 3.8) is 0 Å². The fourth-order valence-electron chi connectivity index (χ4n) is 4.40. The Balaban J connectivity index is 1.49. The molecule has 8 heteroatoms. The summed E-state index contributed by atoms with van der Waals surface area (Å²) in [5.74, 6) is 2.99. The summed E-state index contributed by atoms with van der Waals surface area (Å²) in [7, 11) is 3.18. The van der Waals surface area contributed by atoms with Gasteiger partial charge in [0.2, 0.25) is 0 Å². The first-order valence-corrected chi connectivity index (χ1v) is 11.9. The van der Waals surface area contributed by atoms with Crippen molar-refractivity contribution in [2.24, 2.45) is 0 Å². The molecule has 4 rings (SSSR count). The highest BCUT2D eigenvalue weighted by molar-refractivity contribution is 5.90. The number of ether oxygens (including phenoxy) is 2. The van der Waals surface area contributed by atoms with Gasteiger partial charge in [-0.25, -0.2) is 14.8 Å². The Bertz CT molecular complexity index is 1150. The molecule has 1 saturated heterocycles. The Labute approximate surface area is 206 Å². The Morgan fingerprint density at radius 3 is 2.34 bits per heavy atom. The molecule has 0 radical (unpaired) electrons. The Kier molecular flexibility index (Phi) is 7.70. The predicted octanol–water partition coefficient (Wildman–Crippen LogP) is 4.45. The molecular formula is C27H33N5O3. The van der Waals surface area contributed by atoms with Crippen LogP contribution in [-0.2, 0) is 6.42 Å². The Morgan fingerprint density at radius 1 is 0.943 bits per heavy atom. The number of methoxy groups -OCH3 is 2. The van der Waals surface area contributed by atoms with E-state index in [1.54, 1.807) is 32.4 Å². The number of carbonyl (C=O) groups excluding carboxylic acids is 1. The molecule has 0 aliphatic carbocycles. The van der Waals surface area contributed by atoms with Gasteiger partial charge in [0.1, 0.15) is 23.1 Å². The van der Waals surface area contributed by atoms with Gasteiger partial charge in [-0.05, 0) is 25.8 Å². The molecule has 0 unspecified atom stereocenters. The fourth-order valence-corrected chi connectivity index (χ4v) is 4.40. The summed E-state index contributed by atoms with van der Waals surface area (Å²) < 4.78 is 10.6. The number of amides is 2. The minimum atomic E-state index is -0.137. The van der Waals surface area contributed by atoms with E-state index in [0.29, 0.717) is 36.8 Å². The van der Waals surface area contributed by atoms with Crippen molar-refractivity contribution in [1.29, 1.82) is 0 Å². The van der Waals surface area contributed by atoms with Crippen LogP contribution in [0.25, 0.3) is 0 Å². The Morgan fingerprint density at radius 2 is 1.66 bits per heavy atom. The summed E-state index contributed by atoms with van der Waals surface area (Å²) in [5, 5.41) is 2.99. The van der Waals surface area contributed by atoms with Gasteiger partial charge in [-0.15, -0.1) is 0 Å². The quantitative estimate of drug-likeness (QED) is 0.568. The second-order valence-electron chi connectivity index (χ2n) is 8.68. The molecule has 1 aliphatic heterocycles. The second-order valence-corrected chi connectivity index (χ2v) is 8.68. The maximum absolute atomic E-state index is 13.1. The predicted molar refractivity (Wildman–Crippen MR) is 138 cm³/mol. The average molecular weight is 476 g/mol. The maximum atomic E-state index is 13.1. The van der Waals surface area contributed by atoms with Gasteiger partial charge in [-0.3, -0.25) is 0 Å². The number of nitrogens with one attached hydrogen (secondary N) is 1. The summed E-state index contributed by atoms with van der Waals surface area (Å²) in [6.45, 7) is 6.78. The van der Waals surface area contributed by atoms with Crippen LogP contribution in [0.4, 0.5) is 16.3 Å². The first-order valence-electron chi connectivity index (χ1n) is 11.9. The molecule has 3 aromatic rings. The maximum Gasteiger partial charge on any atom is 0.321 e. The van der Waals surface area contributed by atoms with E-state index in [1.807, 2.05) is 17.9 Å². The molecule has 1 aliphatic rings. The van der Waals surface area contributed by atoms with Gasteiger partial charge in [-0.1, -0.05) is 30.3 Å². The molecule has 0 bridgehead atoms. The van der Waals surface area contributed by atoms with Crippen molar-refractivity contribution >= 4 is 17.5 Å². The van der Waals surface area contributed by atoms with Crippen molar-refractivity contribution in [1.82, 2.24) is 14.9 Å². The molecule has 2 aromatic carbocycles. The highest BCUT2D eigenvalue weighted by Gasteiger charge is 2.23. The third kappa shape index (κ3) is 6.01. The summed E-state index contributed by atoms with van der Waals surface area (Å²) >= 11 is 0. The number of rotatable bonds is 6. The summed E-state index contributed by atoms with van der Waals surface area (Å²) in [6, 6.07) is 15.6. The van der Waals surface area contributed by atoms with E-state index in [0.717, 1.165) is 42.3 Å². The zero-order chi connectivity index (χ0) is 24.8. The van der Waals surface area contributed by atoms with Crippen LogP contribution in [0.1, 0.15) is 29.1 Å². The normalized spacial score (nSPS) is 13.8. The number of nitrogens with zero attached hydrogens (tertiary/aromatic N) is 4. The molecule has 0 spiro atoms. The zero-order valence-electron chi connectivity index (χ0n) is 20.9. The molecule has 1 aromatic heterocycles. The van der Waals surface area contributed by atoms with E-state index in [2.05, 4.69) is 46.4 Å². The van der Waals surface area contributed by atoms with Gasteiger partial charge in [-0.2, -0.15) is 0 Å². The topological polar surface area (TPSA) is 79.8 Å². The van der Waals surface area contributed by atoms with Crippen molar-refractivity contribution in [2.45, 2.75) is 26.7 Å². The van der Waals surface area contributed by atoms with Crippen LogP contribution >= 0.6 is 0 Å². The molecule has 1 fully saturated rings. The third-order valence-electron chi connectivity index (χ3n) is 6.21. The summed E-state index contributed by atoms with van der Waals surface area (Å²) in [5.41, 5.74) is 4.01. The first kappa shape index (κ1) is 24.3. The van der Waals surface area contributed by atoms with E-state index in [-0.39, 0.29) is 6.03 Å². The molecule has 8 nitrogen and oxygen atoms in total. The van der Waals surface area contributed by atoms with Crippen molar-refractivity contribution in [2.75, 3.05) is 50.6 Å². The lowest BCUT2D eigenvalue weighted by Crippen LogP contribution is -2.38. The van der Waals surface area contributed by atoms with Crippen LogP contribution in [0.5, 0.6) is 11.5 Å². The number of anilines is 2. The van der Waals surface area contributed by atoms with E-state index >= 15 is 0 Å². The highest BCUT2D eigenvalue weighted by atomic mass is 16.5. The van der Waals surface area contributed by atoms with Crippen LogP contribution in [0, 0.1) is 13.8 Å². The van der Waals surface area contributed by atoms with Crippen LogP contribution in [0.2, 0.25) is 0 Å². The monoisotopic (exact) mass is 475 g/mol. The standard InChI is InChI=1S/C27H33N5O3/c1-19-25(15-21-9-6-5-7-10-21)26(29-20(2)28-19)31-11-8-12-32(14-13-31)27(33)30-22-16-23(34-3)18-24(17-22)35-4/h5-7,9-10,16-18H,8,11-15H2,1-4H3,(H,30,33). The molecular weight excluding hydrogens is 442 g/mol. The van der Waals surface area contributed by atoms with E-state index in [4.69, 9.17) is 14.5 Å². The van der Waals surface area contributed by atoms with Crippen molar-refractivity contribution in [3.05, 3.63) is 71.2 Å². The molecule has 1 N–H and O–H groups in total. The SMILES string of the molecule is COc1cc(NC(=O)N2CCCN(c3nc(C)nc(C)c3Cc3ccccc3)CC2)cc(OC)c1. The van der Waals surface area contributed by atoms with Gasteiger partial charge in [0, 0.05) is 67.7 Å². The Hall–Kier alpha value is -3.81. The number of hydrogen-bond donors (Lipinski definition) is 1. The van der Waals surface area contributed by atoms with E-state index < -0.39 is 0 Å². The number of aryl methyl sites for hydroxylation is 2. The summed E-state index contributed by atoms with van der Waals surface area (Å²) in [6.07, 6.45) is 1.63. The second kappa shape index (κ2) is 11.1. The van der Waals surface area contributed by atoms with Gasteiger partial charge in [0.05, 0.1) is 14.2 Å². The van der Waals surface area contributed by atoms with Gasteiger partial charge >= 0.3 is 6.03 Å². The molecule has 0 saturated carbocycles. The number of carbonyl (C=O) groups is 1. The largest absolute Gasteiger partial charge is 0.497 e. The zero-order valence-corrected chi connectivity index (χ0v) is 20.9. The van der Waals surface area contributed by atoms with Crippen molar-refractivity contribution in [3.8, 4) is 11.5 Å². The van der Waals surface area contributed by atoms with E-state index in [9.17, 15) is 4.79 Å². The number of hydrogen-bond acceptors (Lipinski definition) is 6. The minimum Gasteiger partial charge on any atom is -0.497 e. The average Bonchev–Trinajstić information content (AvgIpc) is 3.12. The lowest BCUT2D eigenvalue weighted by molar-refractivity contribution is 0.215. The molecule has 2 amide bonds. The molecule has 184 valence electrons. The molecule has 2 heterocycles. The van der Waals surface area contributed by atoms with Crippen LogP contribution in [0.15, 0.2) is 48.5 Å². The van der Waals surface area contributed by atoms with Crippen molar-refractivity contribution < 1.29 is 14.3 Å². The van der Waals surface area contributed by atoms with Gasteiger partial charge < -0.3 is 24.6 Å². The summed E-state index contributed by atoms with van der Waals surface area (Å²) in [4.78, 5) is 26.7. The van der Waals surface area contributed by atoms with Crippen LogP contribution in [0.3, 0.4) is 0 Å². The lowest BCUT2D eigenvalue weighted by atomic mass is 10.0. The van der Waals surface area contributed by atoms with E-state index in [1.165, 1.54) is 5.56 Å². The number of urea groups is 1. The van der Waals surface area contributed by atoms with Crippen LogP contribution < -0.4 is 19.7 Å². The van der Waals surface area contributed by atoms with Gasteiger partial charge in [0.15, 0.2) is 0 Å². The van der Waals surface area contributed by atoms with Gasteiger partial charge in [0.25, 0.3) is 0 Å². The number of benzene rings is 2. The highest BCUT2D eigenvalue weighted by Crippen LogP contribution is 2.27. The molecule has 0 atom stereocenters. The smallest absolute Gasteiger partial charge is 0.321 e. The number of aromatic nitrogens is 2. The third-order valence-corrected chi connectivity index (χ3v) is 6.21. The molecule has 35 heavy (non-hydrogen) atoms. The van der Waals surface area contributed by atoms with Crippen LogP contribution in [-0.4, -0.2) is 61.3 Å². The fraction of sp³-hybridized carbons (Fsp3) is 0.370. The minimum absolute atomic E-state index is 0.137.